The number of ketones is 1. The van der Waals surface area contributed by atoms with Crippen LogP contribution in [0.1, 0.15) is 67.7 Å². The maximum Gasteiger partial charge on any atom is 0.155 e. The molecule has 0 aliphatic heterocycles. The van der Waals surface area contributed by atoms with Gasteiger partial charge < -0.3 is 0 Å². The molecule has 0 aromatic heterocycles. The number of likely N-dealkylation sites (N-methyl/N-ethyl adjacent to an activating group) is 1. The van der Waals surface area contributed by atoms with Gasteiger partial charge in [0.2, 0.25) is 0 Å². The molecule has 0 aliphatic rings. The van der Waals surface area contributed by atoms with Gasteiger partial charge in [-0.2, -0.15) is 0 Å². The number of hydrogen-bond acceptors (Lipinski definition) is 2. The lowest BCUT2D eigenvalue weighted by atomic mass is 9.81. The standard InChI is InChI=1S/C16H33NO/c1-8-13(9-2)12-14(17(10-3)11-4)15(18)16(5,6)7/h13-14H,8-12H2,1-7H3/t14-/m0/s1. The normalized spacial score (nSPS) is 14.3. The summed E-state index contributed by atoms with van der Waals surface area (Å²) in [7, 11) is 0. The molecule has 0 aromatic rings. The van der Waals surface area contributed by atoms with Crippen molar-refractivity contribution < 1.29 is 4.79 Å². The molecule has 0 saturated heterocycles. The third-order valence-electron chi connectivity index (χ3n) is 4.01. The van der Waals surface area contributed by atoms with Gasteiger partial charge in [-0.05, 0) is 25.4 Å². The fraction of sp³-hybridized carbons (Fsp3) is 0.938. The van der Waals surface area contributed by atoms with Crippen molar-refractivity contribution in [2.45, 2.75) is 73.8 Å². The van der Waals surface area contributed by atoms with E-state index in [-0.39, 0.29) is 11.5 Å². The van der Waals surface area contributed by atoms with Crippen LogP contribution >= 0.6 is 0 Å². The predicted molar refractivity (Wildman–Crippen MR) is 79.9 cm³/mol. The molecule has 0 aromatic carbocycles. The van der Waals surface area contributed by atoms with Crippen molar-refractivity contribution in [3.63, 3.8) is 0 Å². The summed E-state index contributed by atoms with van der Waals surface area (Å²) in [6, 6.07) is 0.102. The Morgan fingerprint density at radius 2 is 1.44 bits per heavy atom. The van der Waals surface area contributed by atoms with Gasteiger partial charge in [0.25, 0.3) is 0 Å². The van der Waals surface area contributed by atoms with Gasteiger partial charge in [0.1, 0.15) is 0 Å². The molecule has 0 fully saturated rings. The number of carbonyl (C=O) groups is 1. The topological polar surface area (TPSA) is 20.3 Å². The Hall–Kier alpha value is -0.370. The highest BCUT2D eigenvalue weighted by molar-refractivity contribution is 5.88. The first-order valence-corrected chi connectivity index (χ1v) is 7.59. The van der Waals surface area contributed by atoms with Gasteiger partial charge in [0.05, 0.1) is 6.04 Å². The van der Waals surface area contributed by atoms with Crippen LogP contribution in [0.4, 0.5) is 0 Å². The maximum absolute atomic E-state index is 12.6. The Morgan fingerprint density at radius 3 is 1.72 bits per heavy atom. The molecule has 108 valence electrons. The molecule has 1 atom stereocenters. The summed E-state index contributed by atoms with van der Waals surface area (Å²) in [6.45, 7) is 16.8. The highest BCUT2D eigenvalue weighted by Crippen LogP contribution is 2.26. The third-order valence-corrected chi connectivity index (χ3v) is 4.01. The summed E-state index contributed by atoms with van der Waals surface area (Å²) in [4.78, 5) is 15.0. The zero-order chi connectivity index (χ0) is 14.3. The van der Waals surface area contributed by atoms with Crippen molar-refractivity contribution in [2.24, 2.45) is 11.3 Å². The number of nitrogens with zero attached hydrogens (tertiary/aromatic N) is 1. The van der Waals surface area contributed by atoms with Gasteiger partial charge >= 0.3 is 0 Å². The van der Waals surface area contributed by atoms with Gasteiger partial charge in [-0.3, -0.25) is 9.69 Å². The van der Waals surface area contributed by atoms with Crippen molar-refractivity contribution in [1.82, 2.24) is 4.90 Å². The minimum absolute atomic E-state index is 0.102. The number of hydrogen-bond donors (Lipinski definition) is 0. The molecule has 0 rings (SSSR count). The Morgan fingerprint density at radius 1 is 1.00 bits per heavy atom. The lowest BCUT2D eigenvalue weighted by Gasteiger charge is -2.35. The summed E-state index contributed by atoms with van der Waals surface area (Å²) in [5.41, 5.74) is -0.237. The molecule has 18 heavy (non-hydrogen) atoms. The summed E-state index contributed by atoms with van der Waals surface area (Å²) >= 11 is 0. The average molecular weight is 255 g/mol. The van der Waals surface area contributed by atoms with E-state index >= 15 is 0 Å². The number of carbonyl (C=O) groups excluding carboxylic acids is 1. The fourth-order valence-corrected chi connectivity index (χ4v) is 2.52. The largest absolute Gasteiger partial charge is 0.297 e. The lowest BCUT2D eigenvalue weighted by Crippen LogP contribution is -2.46. The second-order valence-electron chi connectivity index (χ2n) is 6.27. The molecule has 0 spiro atoms. The van der Waals surface area contributed by atoms with Crippen LogP contribution in [0.3, 0.4) is 0 Å². The van der Waals surface area contributed by atoms with E-state index in [1.165, 1.54) is 12.8 Å². The van der Waals surface area contributed by atoms with Gasteiger partial charge in [-0.15, -0.1) is 0 Å². The van der Waals surface area contributed by atoms with E-state index in [0.29, 0.717) is 11.7 Å². The molecular formula is C16H33NO. The first-order chi connectivity index (χ1) is 8.31. The fourth-order valence-electron chi connectivity index (χ4n) is 2.52. The SMILES string of the molecule is CCC(CC)C[C@@H](C(=O)C(C)(C)C)N(CC)CC. The number of Topliss-reactive ketones (excluding diaryl/α,β-unsaturated/α-hetero) is 1. The second kappa shape index (κ2) is 7.93. The minimum atomic E-state index is -0.237. The van der Waals surface area contributed by atoms with E-state index in [0.717, 1.165) is 19.5 Å². The van der Waals surface area contributed by atoms with E-state index in [2.05, 4.69) is 32.6 Å². The van der Waals surface area contributed by atoms with E-state index in [1.54, 1.807) is 0 Å². The summed E-state index contributed by atoms with van der Waals surface area (Å²) in [5, 5.41) is 0. The molecule has 0 bridgehead atoms. The Labute approximate surface area is 114 Å². The number of rotatable bonds is 8. The molecule has 0 radical (unpaired) electrons. The summed E-state index contributed by atoms with van der Waals surface area (Å²) in [6.07, 6.45) is 3.36. The van der Waals surface area contributed by atoms with E-state index in [4.69, 9.17) is 0 Å². The summed E-state index contributed by atoms with van der Waals surface area (Å²) in [5.74, 6) is 1.07. The molecule has 2 heteroatoms. The van der Waals surface area contributed by atoms with Crippen LogP contribution in [0.15, 0.2) is 0 Å². The van der Waals surface area contributed by atoms with E-state index in [9.17, 15) is 4.79 Å². The molecule has 0 saturated carbocycles. The molecule has 0 amide bonds. The third kappa shape index (κ3) is 5.09. The average Bonchev–Trinajstić information content (AvgIpc) is 2.32. The zero-order valence-corrected chi connectivity index (χ0v) is 13.5. The smallest absolute Gasteiger partial charge is 0.155 e. The van der Waals surface area contributed by atoms with E-state index < -0.39 is 0 Å². The van der Waals surface area contributed by atoms with E-state index in [1.807, 2.05) is 20.8 Å². The molecule has 0 heterocycles. The van der Waals surface area contributed by atoms with Crippen LogP contribution in [-0.2, 0) is 4.79 Å². The zero-order valence-electron chi connectivity index (χ0n) is 13.5. The minimum Gasteiger partial charge on any atom is -0.297 e. The maximum atomic E-state index is 12.6. The highest BCUT2D eigenvalue weighted by atomic mass is 16.1. The Bertz CT molecular complexity index is 234. The van der Waals surface area contributed by atoms with Crippen LogP contribution < -0.4 is 0 Å². The molecule has 0 unspecified atom stereocenters. The van der Waals surface area contributed by atoms with Crippen LogP contribution in [0.5, 0.6) is 0 Å². The van der Waals surface area contributed by atoms with Crippen LogP contribution in [0.2, 0.25) is 0 Å². The van der Waals surface area contributed by atoms with Gasteiger partial charge in [0, 0.05) is 5.41 Å². The predicted octanol–water partition coefficient (Wildman–Crippen LogP) is 4.14. The van der Waals surface area contributed by atoms with Crippen LogP contribution in [0, 0.1) is 11.3 Å². The van der Waals surface area contributed by atoms with Crippen molar-refractivity contribution >= 4 is 5.78 Å². The van der Waals surface area contributed by atoms with Crippen molar-refractivity contribution in [2.75, 3.05) is 13.1 Å². The quantitative estimate of drug-likeness (QED) is 0.650. The lowest BCUT2D eigenvalue weighted by molar-refractivity contribution is -0.132. The summed E-state index contributed by atoms with van der Waals surface area (Å²) < 4.78 is 0. The van der Waals surface area contributed by atoms with Gasteiger partial charge in [-0.1, -0.05) is 61.3 Å². The first kappa shape index (κ1) is 17.6. The monoisotopic (exact) mass is 255 g/mol. The van der Waals surface area contributed by atoms with Gasteiger partial charge in [0.15, 0.2) is 5.78 Å². The Balaban J connectivity index is 4.99. The van der Waals surface area contributed by atoms with Gasteiger partial charge in [-0.25, -0.2) is 0 Å². The van der Waals surface area contributed by atoms with Crippen LogP contribution in [0.25, 0.3) is 0 Å². The van der Waals surface area contributed by atoms with Crippen molar-refractivity contribution in [1.29, 1.82) is 0 Å². The van der Waals surface area contributed by atoms with Crippen molar-refractivity contribution in [3.05, 3.63) is 0 Å². The highest BCUT2D eigenvalue weighted by Gasteiger charge is 2.33. The Kier molecular flexibility index (Phi) is 7.77. The molecule has 2 nitrogen and oxygen atoms in total. The van der Waals surface area contributed by atoms with Crippen molar-refractivity contribution in [3.8, 4) is 0 Å². The second-order valence-corrected chi connectivity index (χ2v) is 6.27. The van der Waals surface area contributed by atoms with Crippen LogP contribution in [-0.4, -0.2) is 29.8 Å². The first-order valence-electron chi connectivity index (χ1n) is 7.59. The molecule has 0 aliphatic carbocycles. The molecular weight excluding hydrogens is 222 g/mol. The molecule has 0 N–H and O–H groups in total.